The van der Waals surface area contributed by atoms with Crippen LogP contribution in [-0.4, -0.2) is 39.5 Å². The number of methoxy groups -OCH3 is 1. The molecule has 27 heavy (non-hydrogen) atoms. The van der Waals surface area contributed by atoms with E-state index >= 15 is 0 Å². The van der Waals surface area contributed by atoms with Crippen molar-refractivity contribution in [2.45, 2.75) is 17.9 Å². The number of hydrogen-bond acceptors (Lipinski definition) is 5. The van der Waals surface area contributed by atoms with Gasteiger partial charge < -0.3 is 10.1 Å². The van der Waals surface area contributed by atoms with E-state index < -0.39 is 10.0 Å². The van der Waals surface area contributed by atoms with Crippen molar-refractivity contribution < 1.29 is 13.2 Å². The van der Waals surface area contributed by atoms with Gasteiger partial charge in [0.25, 0.3) is 0 Å². The van der Waals surface area contributed by atoms with E-state index in [-0.39, 0.29) is 23.3 Å². The van der Waals surface area contributed by atoms with Crippen LogP contribution in [-0.2, 0) is 10.0 Å². The number of nitrogens with one attached hydrogen (secondary N) is 1. The van der Waals surface area contributed by atoms with Crippen molar-refractivity contribution in [1.82, 2.24) is 9.62 Å². The molecule has 0 bridgehead atoms. The summed E-state index contributed by atoms with van der Waals surface area (Å²) in [5.74, 6) is 0.665. The molecule has 1 aliphatic heterocycles. The minimum Gasteiger partial charge on any atom is -0.496 e. The Balaban J connectivity index is 0.00000261. The minimum atomic E-state index is -3.71. The predicted octanol–water partition coefficient (Wildman–Crippen LogP) is 2.63. The number of rotatable bonds is 4. The van der Waals surface area contributed by atoms with Crippen LogP contribution in [0.5, 0.6) is 5.75 Å². The van der Waals surface area contributed by atoms with Crippen LogP contribution in [0, 0.1) is 18.3 Å². The molecule has 1 N–H and O–H groups in total. The fourth-order valence-electron chi connectivity index (χ4n) is 3.31. The summed E-state index contributed by atoms with van der Waals surface area (Å²) >= 11 is 0. The average Bonchev–Trinajstić information content (AvgIpc) is 2.67. The second-order valence-electron chi connectivity index (χ2n) is 6.17. The second kappa shape index (κ2) is 8.72. The smallest absolute Gasteiger partial charge is 0.243 e. The van der Waals surface area contributed by atoms with Crippen molar-refractivity contribution in [2.75, 3.05) is 26.7 Å². The number of ether oxygens (including phenoxy) is 1. The molecule has 144 valence electrons. The molecule has 1 fully saturated rings. The third-order valence-corrected chi connectivity index (χ3v) is 6.65. The van der Waals surface area contributed by atoms with Crippen LogP contribution in [0.3, 0.4) is 0 Å². The molecular formula is C19H22ClN3O3S. The van der Waals surface area contributed by atoms with Crippen LogP contribution in [0.1, 0.15) is 22.7 Å². The van der Waals surface area contributed by atoms with Gasteiger partial charge in [0, 0.05) is 25.2 Å². The molecule has 0 aromatic heterocycles. The number of nitriles is 1. The SMILES string of the molecule is COc1ccccc1C1CNCCN1S(=O)(=O)c1ccc(C#N)cc1C.Cl. The summed E-state index contributed by atoms with van der Waals surface area (Å²) in [5, 5.41) is 12.3. The van der Waals surface area contributed by atoms with Gasteiger partial charge >= 0.3 is 0 Å². The van der Waals surface area contributed by atoms with Crippen molar-refractivity contribution in [1.29, 1.82) is 5.26 Å². The Morgan fingerprint density at radius 3 is 2.67 bits per heavy atom. The number of para-hydroxylation sites is 1. The molecule has 0 radical (unpaired) electrons. The molecule has 8 heteroatoms. The summed E-state index contributed by atoms with van der Waals surface area (Å²) < 4.78 is 33.7. The van der Waals surface area contributed by atoms with Crippen LogP contribution < -0.4 is 10.1 Å². The standard InChI is InChI=1S/C19H21N3O3S.ClH/c1-14-11-15(12-20)7-8-19(14)26(23,24)22-10-9-21-13-17(22)16-5-3-4-6-18(16)25-2;/h3-8,11,17,21H,9-10,13H2,1-2H3;1H. The van der Waals surface area contributed by atoms with E-state index in [0.29, 0.717) is 36.5 Å². The number of benzene rings is 2. The van der Waals surface area contributed by atoms with Gasteiger partial charge in [0.2, 0.25) is 10.0 Å². The van der Waals surface area contributed by atoms with E-state index in [9.17, 15) is 8.42 Å². The number of halogens is 1. The summed E-state index contributed by atoms with van der Waals surface area (Å²) in [5.41, 5.74) is 1.85. The highest BCUT2D eigenvalue weighted by molar-refractivity contribution is 7.89. The van der Waals surface area contributed by atoms with E-state index in [1.165, 1.54) is 10.4 Å². The van der Waals surface area contributed by atoms with Gasteiger partial charge in [0.1, 0.15) is 5.75 Å². The largest absolute Gasteiger partial charge is 0.496 e. The second-order valence-corrected chi connectivity index (χ2v) is 8.03. The van der Waals surface area contributed by atoms with Gasteiger partial charge in [-0.2, -0.15) is 9.57 Å². The van der Waals surface area contributed by atoms with E-state index in [1.54, 1.807) is 26.2 Å². The van der Waals surface area contributed by atoms with Gasteiger partial charge in [0.15, 0.2) is 0 Å². The molecule has 1 aliphatic rings. The zero-order valence-corrected chi connectivity index (χ0v) is 16.8. The lowest BCUT2D eigenvalue weighted by Crippen LogP contribution is -2.48. The third kappa shape index (κ3) is 4.09. The van der Waals surface area contributed by atoms with Gasteiger partial charge in [-0.25, -0.2) is 8.42 Å². The molecule has 3 rings (SSSR count). The van der Waals surface area contributed by atoms with Crippen LogP contribution in [0.25, 0.3) is 0 Å². The van der Waals surface area contributed by atoms with Crippen LogP contribution >= 0.6 is 12.4 Å². The molecule has 6 nitrogen and oxygen atoms in total. The predicted molar refractivity (Wildman–Crippen MR) is 106 cm³/mol. The highest BCUT2D eigenvalue weighted by Crippen LogP contribution is 2.34. The maximum atomic E-state index is 13.4. The summed E-state index contributed by atoms with van der Waals surface area (Å²) in [6.45, 7) is 3.17. The summed E-state index contributed by atoms with van der Waals surface area (Å²) in [6.07, 6.45) is 0. The quantitative estimate of drug-likeness (QED) is 0.842. The van der Waals surface area contributed by atoms with Crippen molar-refractivity contribution in [3.63, 3.8) is 0 Å². The first-order valence-electron chi connectivity index (χ1n) is 8.35. The Morgan fingerprint density at radius 2 is 2.00 bits per heavy atom. The first kappa shape index (κ1) is 21.2. The number of piperazine rings is 1. The fraction of sp³-hybridized carbons (Fsp3) is 0.316. The molecule has 2 aromatic rings. The highest BCUT2D eigenvalue weighted by Gasteiger charge is 2.36. The van der Waals surface area contributed by atoms with Gasteiger partial charge in [-0.15, -0.1) is 12.4 Å². The molecule has 0 spiro atoms. The van der Waals surface area contributed by atoms with Gasteiger partial charge in [0.05, 0.1) is 29.7 Å². The summed E-state index contributed by atoms with van der Waals surface area (Å²) in [7, 11) is -2.13. The molecule has 1 atom stereocenters. The van der Waals surface area contributed by atoms with Crippen molar-refractivity contribution >= 4 is 22.4 Å². The van der Waals surface area contributed by atoms with Crippen LogP contribution in [0.15, 0.2) is 47.4 Å². The van der Waals surface area contributed by atoms with E-state index in [2.05, 4.69) is 5.32 Å². The van der Waals surface area contributed by atoms with Crippen molar-refractivity contribution in [3.05, 3.63) is 59.2 Å². The van der Waals surface area contributed by atoms with Gasteiger partial charge in [-0.05, 0) is 36.8 Å². The van der Waals surface area contributed by atoms with Crippen molar-refractivity contribution in [3.8, 4) is 11.8 Å². The summed E-state index contributed by atoms with van der Waals surface area (Å²) in [6, 6.07) is 13.8. The number of sulfonamides is 1. The van der Waals surface area contributed by atoms with Gasteiger partial charge in [-0.1, -0.05) is 18.2 Å². The first-order chi connectivity index (χ1) is 12.5. The Kier molecular flexibility index (Phi) is 6.84. The van der Waals surface area contributed by atoms with Crippen LogP contribution in [0.2, 0.25) is 0 Å². The molecule has 0 saturated carbocycles. The highest BCUT2D eigenvalue weighted by atomic mass is 35.5. The number of nitrogens with zero attached hydrogens (tertiary/aromatic N) is 2. The van der Waals surface area contributed by atoms with Crippen LogP contribution in [0.4, 0.5) is 0 Å². The lowest BCUT2D eigenvalue weighted by molar-refractivity contribution is 0.264. The Hall–Kier alpha value is -2.11. The topological polar surface area (TPSA) is 82.4 Å². The zero-order valence-electron chi connectivity index (χ0n) is 15.2. The first-order valence-corrected chi connectivity index (χ1v) is 9.79. The lowest BCUT2D eigenvalue weighted by atomic mass is 10.0. The van der Waals surface area contributed by atoms with E-state index in [1.807, 2.05) is 30.3 Å². The average molecular weight is 408 g/mol. The van der Waals surface area contributed by atoms with E-state index in [4.69, 9.17) is 10.00 Å². The zero-order chi connectivity index (χ0) is 18.7. The molecule has 2 aromatic carbocycles. The lowest BCUT2D eigenvalue weighted by Gasteiger charge is -2.36. The van der Waals surface area contributed by atoms with Crippen molar-refractivity contribution in [2.24, 2.45) is 0 Å². The Morgan fingerprint density at radius 1 is 1.26 bits per heavy atom. The fourth-order valence-corrected chi connectivity index (χ4v) is 5.13. The number of aryl methyl sites for hydroxylation is 1. The molecule has 0 amide bonds. The monoisotopic (exact) mass is 407 g/mol. The maximum Gasteiger partial charge on any atom is 0.243 e. The normalized spacial score (nSPS) is 17.6. The molecule has 0 aliphatic carbocycles. The molecule has 1 saturated heterocycles. The molecule has 1 unspecified atom stereocenters. The number of hydrogen-bond donors (Lipinski definition) is 1. The van der Waals surface area contributed by atoms with Gasteiger partial charge in [-0.3, -0.25) is 0 Å². The molecular weight excluding hydrogens is 386 g/mol. The Labute approximate surface area is 166 Å². The Bertz CT molecular complexity index is 957. The minimum absolute atomic E-state index is 0. The maximum absolute atomic E-state index is 13.4. The van der Waals surface area contributed by atoms with E-state index in [0.717, 1.165) is 5.56 Å². The molecule has 1 heterocycles. The third-order valence-electron chi connectivity index (χ3n) is 4.58. The summed E-state index contributed by atoms with van der Waals surface area (Å²) in [4.78, 5) is 0.235.